The summed E-state index contributed by atoms with van der Waals surface area (Å²) in [4.78, 5) is 29.4. The summed E-state index contributed by atoms with van der Waals surface area (Å²) in [5.74, 6) is -0.373. The third kappa shape index (κ3) is 3.10. The molecule has 2 heterocycles. The molecule has 4 rings (SSSR count). The van der Waals surface area contributed by atoms with Gasteiger partial charge in [-0.15, -0.1) is 0 Å². The van der Waals surface area contributed by atoms with Gasteiger partial charge in [0.1, 0.15) is 0 Å². The number of benzene rings is 2. The quantitative estimate of drug-likeness (QED) is 0.681. The summed E-state index contributed by atoms with van der Waals surface area (Å²) in [6.07, 6.45) is 0.438. The van der Waals surface area contributed by atoms with Crippen LogP contribution in [-0.4, -0.2) is 28.7 Å². The Balaban J connectivity index is 2.00. The van der Waals surface area contributed by atoms with E-state index in [-0.39, 0.29) is 11.7 Å². The zero-order chi connectivity index (χ0) is 21.7. The molecule has 0 aromatic heterocycles. The molecule has 1 atom stereocenters. The lowest BCUT2D eigenvalue weighted by atomic mass is 9.76. The molecule has 2 aliphatic rings. The highest BCUT2D eigenvalue weighted by Gasteiger charge is 2.59. The molecule has 0 N–H and O–H groups in total. The average molecular weight is 404 g/mol. The number of hydrogen-bond donors (Lipinski definition) is 0. The SMILES string of the molecule is CC(C)(C)C(=O)C1=C(c2ccccc2)CC2(c3ccccc3)OCC(C)(C)N2C1=O. The Morgan fingerprint density at radius 3 is 2.10 bits per heavy atom. The standard InChI is InChI=1S/C26H29NO3/c1-24(2,3)22(28)21-20(18-12-8-6-9-13-18)16-26(19-14-10-7-11-15-19)27(23(21)29)25(4,5)17-30-26/h6-15H,16-17H2,1-5H3. The van der Waals surface area contributed by atoms with E-state index in [4.69, 9.17) is 4.74 Å². The van der Waals surface area contributed by atoms with Crippen molar-refractivity contribution in [2.24, 2.45) is 5.41 Å². The van der Waals surface area contributed by atoms with Crippen LogP contribution in [0.15, 0.2) is 66.2 Å². The normalized spacial score (nSPS) is 23.5. The maximum atomic E-state index is 14.0. The Kier molecular flexibility index (Phi) is 4.74. The van der Waals surface area contributed by atoms with Gasteiger partial charge in [-0.2, -0.15) is 0 Å². The van der Waals surface area contributed by atoms with Crippen molar-refractivity contribution in [2.75, 3.05) is 6.61 Å². The minimum absolute atomic E-state index is 0.129. The lowest BCUT2D eigenvalue weighted by Gasteiger charge is -2.47. The van der Waals surface area contributed by atoms with Crippen LogP contribution in [0.5, 0.6) is 0 Å². The van der Waals surface area contributed by atoms with Crippen molar-refractivity contribution in [2.45, 2.75) is 52.3 Å². The number of rotatable bonds is 3. The Labute approximate surface area is 178 Å². The van der Waals surface area contributed by atoms with Gasteiger partial charge in [-0.25, -0.2) is 0 Å². The number of amides is 1. The summed E-state index contributed by atoms with van der Waals surface area (Å²) in [5.41, 5.74) is 0.758. The van der Waals surface area contributed by atoms with Crippen LogP contribution in [0.2, 0.25) is 0 Å². The number of ketones is 1. The van der Waals surface area contributed by atoms with E-state index in [0.717, 1.165) is 16.7 Å². The van der Waals surface area contributed by atoms with Crippen LogP contribution in [0.4, 0.5) is 0 Å². The second-order valence-corrected chi connectivity index (χ2v) is 9.87. The van der Waals surface area contributed by atoms with Crippen LogP contribution in [0.25, 0.3) is 5.57 Å². The molecule has 0 radical (unpaired) electrons. The maximum Gasteiger partial charge on any atom is 0.260 e. The summed E-state index contributed by atoms with van der Waals surface area (Å²) >= 11 is 0. The van der Waals surface area contributed by atoms with E-state index in [1.165, 1.54) is 0 Å². The molecule has 156 valence electrons. The molecule has 30 heavy (non-hydrogen) atoms. The molecule has 2 aromatic carbocycles. The summed E-state index contributed by atoms with van der Waals surface area (Å²) in [5, 5.41) is 0. The van der Waals surface area contributed by atoms with E-state index < -0.39 is 16.7 Å². The van der Waals surface area contributed by atoms with Crippen molar-refractivity contribution in [3.63, 3.8) is 0 Å². The van der Waals surface area contributed by atoms with Crippen LogP contribution in [0.3, 0.4) is 0 Å². The summed E-state index contributed by atoms with van der Waals surface area (Å²) in [7, 11) is 0. The minimum Gasteiger partial charge on any atom is -0.348 e. The fraction of sp³-hybridized carbons (Fsp3) is 0.385. The number of carbonyl (C=O) groups is 2. The monoisotopic (exact) mass is 403 g/mol. The predicted octanol–water partition coefficient (Wildman–Crippen LogP) is 4.95. The van der Waals surface area contributed by atoms with Gasteiger partial charge < -0.3 is 4.74 Å². The minimum atomic E-state index is -0.922. The van der Waals surface area contributed by atoms with Gasteiger partial charge in [0.15, 0.2) is 11.5 Å². The van der Waals surface area contributed by atoms with E-state index in [1.54, 1.807) is 4.90 Å². The first-order chi connectivity index (χ1) is 14.1. The van der Waals surface area contributed by atoms with Crippen molar-refractivity contribution in [1.82, 2.24) is 4.90 Å². The summed E-state index contributed by atoms with van der Waals surface area (Å²) < 4.78 is 6.44. The Morgan fingerprint density at radius 1 is 0.967 bits per heavy atom. The first-order valence-electron chi connectivity index (χ1n) is 10.5. The number of Topliss-reactive ketones (excluding diaryl/α,β-unsaturated/α-hetero) is 1. The van der Waals surface area contributed by atoms with Gasteiger partial charge in [-0.1, -0.05) is 81.4 Å². The molecule has 2 aliphatic heterocycles. The zero-order valence-corrected chi connectivity index (χ0v) is 18.4. The van der Waals surface area contributed by atoms with Crippen LogP contribution >= 0.6 is 0 Å². The van der Waals surface area contributed by atoms with E-state index in [9.17, 15) is 9.59 Å². The molecule has 0 saturated carbocycles. The van der Waals surface area contributed by atoms with E-state index in [2.05, 4.69) is 0 Å². The van der Waals surface area contributed by atoms with E-state index >= 15 is 0 Å². The molecule has 1 amide bonds. The van der Waals surface area contributed by atoms with Crippen LogP contribution < -0.4 is 0 Å². The summed E-state index contributed by atoms with van der Waals surface area (Å²) in [6.45, 7) is 10.0. The highest BCUT2D eigenvalue weighted by molar-refractivity contribution is 6.27. The van der Waals surface area contributed by atoms with Crippen molar-refractivity contribution in [3.05, 3.63) is 77.4 Å². The third-order valence-electron chi connectivity index (χ3n) is 6.02. The second kappa shape index (κ2) is 6.92. The predicted molar refractivity (Wildman–Crippen MR) is 117 cm³/mol. The number of carbonyl (C=O) groups excluding carboxylic acids is 2. The first-order valence-corrected chi connectivity index (χ1v) is 10.5. The number of fused-ring (bicyclic) bond motifs is 1. The van der Waals surface area contributed by atoms with Gasteiger partial charge >= 0.3 is 0 Å². The first kappa shape index (κ1) is 20.5. The molecule has 4 heteroatoms. The molecule has 0 spiro atoms. The number of hydrogen-bond acceptors (Lipinski definition) is 3. The van der Waals surface area contributed by atoms with Crippen LogP contribution in [0, 0.1) is 5.41 Å². The van der Waals surface area contributed by atoms with Gasteiger partial charge in [-0.3, -0.25) is 14.5 Å². The Morgan fingerprint density at radius 2 is 1.53 bits per heavy atom. The van der Waals surface area contributed by atoms with Crippen LogP contribution in [0.1, 0.15) is 52.2 Å². The number of ether oxygens (including phenoxy) is 1. The van der Waals surface area contributed by atoms with Crippen molar-refractivity contribution < 1.29 is 14.3 Å². The van der Waals surface area contributed by atoms with Gasteiger partial charge in [0.2, 0.25) is 0 Å². The van der Waals surface area contributed by atoms with Gasteiger partial charge in [0.05, 0.1) is 17.7 Å². The molecular weight excluding hydrogens is 374 g/mol. The smallest absolute Gasteiger partial charge is 0.260 e. The van der Waals surface area contributed by atoms with Crippen molar-refractivity contribution >= 4 is 17.3 Å². The molecule has 1 fully saturated rings. The topological polar surface area (TPSA) is 46.6 Å². The largest absolute Gasteiger partial charge is 0.348 e. The lowest BCUT2D eigenvalue weighted by Crippen LogP contribution is -2.57. The van der Waals surface area contributed by atoms with Crippen molar-refractivity contribution in [1.29, 1.82) is 0 Å². The fourth-order valence-electron chi connectivity index (χ4n) is 4.56. The van der Waals surface area contributed by atoms with Gasteiger partial charge in [-0.05, 0) is 25.0 Å². The van der Waals surface area contributed by atoms with Gasteiger partial charge in [0.25, 0.3) is 5.91 Å². The average Bonchev–Trinajstić information content (AvgIpc) is 3.00. The van der Waals surface area contributed by atoms with E-state index in [0.29, 0.717) is 18.6 Å². The molecule has 0 aliphatic carbocycles. The lowest BCUT2D eigenvalue weighted by molar-refractivity contribution is -0.155. The Hall–Kier alpha value is -2.72. The Bertz CT molecular complexity index is 1020. The van der Waals surface area contributed by atoms with Gasteiger partial charge in [0, 0.05) is 17.4 Å². The molecule has 2 aromatic rings. The zero-order valence-electron chi connectivity index (χ0n) is 18.4. The molecule has 4 nitrogen and oxygen atoms in total. The maximum absolute atomic E-state index is 14.0. The van der Waals surface area contributed by atoms with E-state index in [1.807, 2.05) is 95.3 Å². The third-order valence-corrected chi connectivity index (χ3v) is 6.02. The van der Waals surface area contributed by atoms with Crippen molar-refractivity contribution in [3.8, 4) is 0 Å². The molecule has 1 saturated heterocycles. The van der Waals surface area contributed by atoms with Crippen LogP contribution in [-0.2, 0) is 20.1 Å². The molecule has 1 unspecified atom stereocenters. The highest BCUT2D eigenvalue weighted by Crippen LogP contribution is 2.52. The second-order valence-electron chi connectivity index (χ2n) is 9.87. The fourth-order valence-corrected chi connectivity index (χ4v) is 4.56. The summed E-state index contributed by atoms with van der Waals surface area (Å²) in [6, 6.07) is 19.6. The number of nitrogens with zero attached hydrogens (tertiary/aromatic N) is 1. The molecular formula is C26H29NO3. The molecule has 0 bridgehead atoms. The highest BCUT2D eigenvalue weighted by atomic mass is 16.5.